The maximum Gasteiger partial charge on any atom is 0.419 e. The monoisotopic (exact) mass is 1430 g/mol. The van der Waals surface area contributed by atoms with E-state index < -0.39 is 150 Å². The molecule has 0 radical (unpaired) electrons. The Labute approximate surface area is 493 Å². The molecule has 0 aliphatic rings. The molecule has 0 aromatic heterocycles. The van der Waals surface area contributed by atoms with Gasteiger partial charge < -0.3 is 221 Å². The quantitative estimate of drug-likeness (QED) is 0.0210. The third-order valence-electron chi connectivity index (χ3n) is 5.13. The van der Waals surface area contributed by atoms with Crippen LogP contribution in [0.15, 0.2) is 0 Å². The zero-order valence-electron chi connectivity index (χ0n) is 45.8. The van der Waals surface area contributed by atoms with Gasteiger partial charge in [-0.3, -0.25) is 0 Å². The molecule has 0 amide bonds. The van der Waals surface area contributed by atoms with Crippen LogP contribution in [0.4, 0.5) is 0 Å². The van der Waals surface area contributed by atoms with Gasteiger partial charge in [0.15, 0.2) is 45.2 Å². The number of ether oxygens (including phenoxy) is 12. The molecule has 0 fully saturated rings. The average molecular weight is 1440 g/mol. The van der Waals surface area contributed by atoms with Crippen molar-refractivity contribution in [3.05, 3.63) is 0 Å². The average Bonchev–Trinajstić information content (AvgIpc) is 2.99. The van der Waals surface area contributed by atoms with Gasteiger partial charge in [-0.1, -0.05) is 0 Å². The van der Waals surface area contributed by atoms with E-state index in [0.29, 0.717) is 0 Å². The Balaban J connectivity index is -0.000000332. The Kier molecular flexibility index (Phi) is 38.0. The van der Waals surface area contributed by atoms with E-state index in [1.165, 1.54) is 52.4 Å². The smallest absolute Gasteiger partial charge is 0.349 e. The van der Waals surface area contributed by atoms with Gasteiger partial charge in [0.05, 0.1) is 0 Å². The molecule has 0 spiro atoms. The minimum Gasteiger partial charge on any atom is -0.349 e. The van der Waals surface area contributed by atoms with Crippen molar-refractivity contribution in [1.29, 1.82) is 0 Å². The SMILES string of the molecule is C[SiH](C)OC(O)(O)OC(O)(O)O.C[SiH](C)OC(O)(O)OC(O)(O)OC(O)(O)O.C[SiH](C)OC(O)(OC(O)(O)O)OC(O)(O)O.C[SiH](C)OC(O)(OC(O)(O)O)OC(O)(O)OC(O)(O)O.C[SiH](C)OC(O)(OC(O)(O)OC(O)(O)O)OC(O)(O)OC(O)(O)O. The Morgan fingerprint density at radius 1 is 0.148 bits per heavy atom. The molecule has 0 heterocycles. The highest BCUT2D eigenvalue weighted by molar-refractivity contribution is 6.49. The zero-order chi connectivity index (χ0) is 72.4. The third-order valence-corrected chi connectivity index (χ3v) is 9.00. The van der Waals surface area contributed by atoms with E-state index in [2.05, 4.69) is 79.0 Å². The Morgan fingerprint density at radius 2 is 0.273 bits per heavy atom. The molecule has 61 heteroatoms. The number of hydrogen-bond acceptors (Lipinski definition) is 56. The fraction of sp³-hybridized carbons (Fsp3) is 1.00. The minimum atomic E-state index is -4.29. The van der Waals surface area contributed by atoms with Crippen molar-refractivity contribution in [3.8, 4) is 0 Å². The van der Waals surface area contributed by atoms with Crippen LogP contribution in [-0.4, -0.2) is 349 Å². The van der Waals surface area contributed by atoms with Crippen molar-refractivity contribution in [2.24, 2.45) is 0 Å². The highest BCUT2D eigenvalue weighted by atomic mass is 28.3. The lowest BCUT2D eigenvalue weighted by Gasteiger charge is -2.37. The van der Waals surface area contributed by atoms with E-state index in [-0.39, 0.29) is 0 Å². The second kappa shape index (κ2) is 35.0. The molecule has 56 nitrogen and oxygen atoms in total. The molecule has 0 aromatic carbocycles. The molecule has 0 saturated carbocycles. The molecule has 0 bridgehead atoms. The van der Waals surface area contributed by atoms with Crippen LogP contribution in [0.5, 0.6) is 0 Å². The van der Waals surface area contributed by atoms with Crippen LogP contribution in [0.3, 0.4) is 0 Å². The van der Waals surface area contributed by atoms with Crippen LogP contribution in [0.1, 0.15) is 0 Å². The molecule has 0 saturated heterocycles. The lowest BCUT2D eigenvalue weighted by Crippen LogP contribution is -2.59. The largest absolute Gasteiger partial charge is 0.419 e. The molecule has 39 N–H and O–H groups in total. The molecule has 0 aliphatic carbocycles. The summed E-state index contributed by atoms with van der Waals surface area (Å²) in [6.45, 7) is 14.4. The summed E-state index contributed by atoms with van der Waals surface area (Å²) < 4.78 is 64.9. The van der Waals surface area contributed by atoms with Gasteiger partial charge in [-0.25, -0.2) is 56.8 Å². The van der Waals surface area contributed by atoms with Crippen molar-refractivity contribution >= 4 is 45.2 Å². The lowest BCUT2D eigenvalue weighted by molar-refractivity contribution is -0.689. The van der Waals surface area contributed by atoms with E-state index in [9.17, 15) is 15.3 Å². The molecule has 538 valence electrons. The first-order chi connectivity index (χ1) is 37.6. The third kappa shape index (κ3) is 64.9. The Hall–Kier alpha value is -1.16. The summed E-state index contributed by atoms with van der Waals surface area (Å²) in [5.41, 5.74) is 0. The second-order valence-corrected chi connectivity index (χ2v) is 28.2. The van der Waals surface area contributed by atoms with Crippen molar-refractivity contribution < 1.29 is 278 Å². The maximum absolute atomic E-state index is 9.72. The molecule has 1 unspecified atom stereocenters. The molecular weight excluding hydrogens is 1360 g/mol. The van der Waals surface area contributed by atoms with Crippen LogP contribution in [0.25, 0.3) is 0 Å². The van der Waals surface area contributed by atoms with E-state index in [1.54, 1.807) is 13.1 Å². The normalized spacial score (nSPS) is 15.3. The summed E-state index contributed by atoms with van der Waals surface area (Å²) in [7, 11) is -10.9. The van der Waals surface area contributed by atoms with Gasteiger partial charge in [0.1, 0.15) is 0 Å². The van der Waals surface area contributed by atoms with Gasteiger partial charge >= 0.3 is 105 Å². The summed E-state index contributed by atoms with van der Waals surface area (Å²) in [4.78, 5) is 0. The first-order valence-corrected chi connectivity index (χ1v) is 35.5. The van der Waals surface area contributed by atoms with Crippen LogP contribution >= 0.6 is 0 Å². The van der Waals surface area contributed by atoms with Gasteiger partial charge in [0.2, 0.25) is 0 Å². The van der Waals surface area contributed by atoms with Gasteiger partial charge in [-0.15, -0.1) is 0 Å². The predicted octanol–water partition coefficient (Wildman–Crippen LogP) is -23.8. The number of hydrogen-bond donors (Lipinski definition) is 39. The molecule has 1 atom stereocenters. The zero-order valence-corrected chi connectivity index (χ0v) is 51.5. The molecule has 0 rings (SSSR count). The van der Waals surface area contributed by atoms with E-state index in [0.717, 1.165) is 0 Å². The number of aliphatic hydroxyl groups is 39. The van der Waals surface area contributed by atoms with Gasteiger partial charge in [0, 0.05) is 0 Å². The van der Waals surface area contributed by atoms with Gasteiger partial charge in [-0.2, -0.15) is 0 Å². The van der Waals surface area contributed by atoms with E-state index in [4.69, 9.17) is 184 Å². The molecule has 88 heavy (non-hydrogen) atoms. The summed E-state index contributed by atoms with van der Waals surface area (Å²) in [5, 5.41) is 336. The van der Waals surface area contributed by atoms with Crippen molar-refractivity contribution in [2.75, 3.05) is 0 Å². The van der Waals surface area contributed by atoms with Crippen molar-refractivity contribution in [1.82, 2.24) is 0 Å². The highest BCUT2D eigenvalue weighted by Gasteiger charge is 2.55. The van der Waals surface area contributed by atoms with Crippen LogP contribution in [0.2, 0.25) is 65.5 Å². The van der Waals surface area contributed by atoms with E-state index in [1.807, 2.05) is 0 Å². The summed E-state index contributed by atoms with van der Waals surface area (Å²) in [5.74, 6) is 0. The fourth-order valence-electron chi connectivity index (χ4n) is 3.93. The topological polar surface area (TPSA) is 946 Å². The Morgan fingerprint density at radius 3 is 0.432 bits per heavy atom. The number of rotatable bonds is 34. The fourth-order valence-corrected chi connectivity index (χ4v) is 7.33. The van der Waals surface area contributed by atoms with Crippen LogP contribution in [-0.2, 0) is 79.0 Å². The second-order valence-electron chi connectivity index (χ2n) is 16.5. The molecular formula is C27H74O56Si5. The minimum absolute atomic E-state index is 1.29. The first kappa shape index (κ1) is 95.5. The summed E-state index contributed by atoms with van der Waals surface area (Å²) in [6, 6.07) is 0. The van der Waals surface area contributed by atoms with Crippen molar-refractivity contribution in [2.45, 2.75) is 170 Å². The van der Waals surface area contributed by atoms with Gasteiger partial charge in [0.25, 0.3) is 0 Å². The summed E-state index contributed by atoms with van der Waals surface area (Å²) >= 11 is 0. The van der Waals surface area contributed by atoms with Crippen LogP contribution < -0.4 is 0 Å². The molecule has 0 aliphatic heterocycles. The van der Waals surface area contributed by atoms with Crippen LogP contribution in [0, 0.1) is 0 Å². The van der Waals surface area contributed by atoms with Gasteiger partial charge in [-0.05, 0) is 65.5 Å². The maximum atomic E-state index is 9.72. The standard InChI is InChI=1S/C7H18O16Si.C6H16O13Si.2C5H14O10Si.C4H12O7Si/c1-24(2)23-7(18,21-5(14,15)19-3(8,9)10)22-6(16,17)20-4(11,12)13;1-20(2)19-6(15,17-4(10,11)12)18-5(13,14)16-3(7,8)9;1-16(2)15-5(11,12)14-4(9,10)13-3(6,7)8;1-16(2)15-5(12,13-3(6,7)8)14-4(9,10)11;1-12(2)11-4(8,9)10-3(5,6)7/h8-18,24H,1-2H3;7-15,20H,1-2H3;2*6-12,16H,1-2H3;5-9,12H,1-2H3. The van der Waals surface area contributed by atoms with E-state index >= 15 is 0 Å². The van der Waals surface area contributed by atoms with Crippen molar-refractivity contribution in [3.63, 3.8) is 0 Å². The Bertz CT molecular complexity index is 1840. The molecule has 0 aromatic rings. The lowest BCUT2D eigenvalue weighted by atomic mass is 10.9. The first-order valence-electron chi connectivity index (χ1n) is 21.6. The predicted molar refractivity (Wildman–Crippen MR) is 246 cm³/mol. The summed E-state index contributed by atoms with van der Waals surface area (Å²) in [6.07, 6.45) is -66.1. The highest BCUT2D eigenvalue weighted by Crippen LogP contribution is 2.29.